The summed E-state index contributed by atoms with van der Waals surface area (Å²) in [5.41, 5.74) is 12.9. The lowest BCUT2D eigenvalue weighted by molar-refractivity contribution is -0.122. The van der Waals surface area contributed by atoms with Gasteiger partial charge >= 0.3 is 0 Å². The number of nitrogens with two attached hydrogens (primary N) is 2. The maximum atomic E-state index is 11.4. The lowest BCUT2D eigenvalue weighted by Gasteiger charge is -2.32. The van der Waals surface area contributed by atoms with Crippen LogP contribution >= 0.6 is 0 Å². The molecule has 0 fully saturated rings. The number of hydrogen-bond acceptors (Lipinski definition) is 3. The van der Waals surface area contributed by atoms with Gasteiger partial charge in [0.2, 0.25) is 5.91 Å². The van der Waals surface area contributed by atoms with Gasteiger partial charge in [-0.25, -0.2) is 0 Å². The molecule has 0 aromatic heterocycles. The van der Waals surface area contributed by atoms with Gasteiger partial charge in [0.1, 0.15) is 5.54 Å². The molecule has 98 valence electrons. The number of benzene rings is 1. The Morgan fingerprint density at radius 1 is 1.39 bits per heavy atom. The number of primary amides is 1. The van der Waals surface area contributed by atoms with E-state index in [1.165, 1.54) is 17.7 Å². The van der Waals surface area contributed by atoms with Crippen LogP contribution in [0.15, 0.2) is 24.3 Å². The monoisotopic (exact) mass is 247 g/mol. The summed E-state index contributed by atoms with van der Waals surface area (Å²) in [6, 6.07) is 8.32. The molecule has 2 rings (SSSR count). The van der Waals surface area contributed by atoms with Gasteiger partial charge in [0.15, 0.2) is 0 Å². The average molecular weight is 247 g/mol. The minimum absolute atomic E-state index is 0.454. The second-order valence-corrected chi connectivity index (χ2v) is 5.29. The maximum Gasteiger partial charge on any atom is 0.239 e. The van der Waals surface area contributed by atoms with Crippen molar-refractivity contribution >= 4 is 11.6 Å². The number of aryl methyl sites for hydroxylation is 1. The smallest absolute Gasteiger partial charge is 0.239 e. The van der Waals surface area contributed by atoms with E-state index in [1.54, 1.807) is 6.92 Å². The first-order chi connectivity index (χ1) is 8.50. The molecule has 4 heteroatoms. The average Bonchev–Trinajstić information content (AvgIpc) is 2.52. The number of amides is 1. The molecule has 0 aliphatic carbocycles. The zero-order valence-corrected chi connectivity index (χ0v) is 10.9. The first-order valence-corrected chi connectivity index (χ1v) is 6.42. The molecule has 0 saturated heterocycles. The van der Waals surface area contributed by atoms with Crippen LogP contribution in [0.2, 0.25) is 0 Å². The van der Waals surface area contributed by atoms with Crippen LogP contribution in [-0.4, -0.2) is 24.5 Å². The van der Waals surface area contributed by atoms with Crippen LogP contribution in [0.4, 0.5) is 5.69 Å². The van der Waals surface area contributed by atoms with Crippen molar-refractivity contribution in [2.45, 2.75) is 31.7 Å². The second kappa shape index (κ2) is 4.98. The van der Waals surface area contributed by atoms with Crippen molar-refractivity contribution in [1.82, 2.24) is 0 Å². The Morgan fingerprint density at radius 2 is 2.11 bits per heavy atom. The fourth-order valence-corrected chi connectivity index (χ4v) is 2.41. The van der Waals surface area contributed by atoms with Crippen molar-refractivity contribution in [3.8, 4) is 0 Å². The largest absolute Gasteiger partial charge is 0.369 e. The van der Waals surface area contributed by atoms with Crippen LogP contribution in [-0.2, 0) is 11.2 Å². The molecule has 1 aromatic rings. The lowest BCUT2D eigenvalue weighted by atomic mass is 10.0. The van der Waals surface area contributed by atoms with Gasteiger partial charge in [-0.3, -0.25) is 4.79 Å². The predicted molar refractivity (Wildman–Crippen MR) is 73.4 cm³/mol. The first kappa shape index (κ1) is 12.9. The van der Waals surface area contributed by atoms with Crippen LogP contribution < -0.4 is 16.4 Å². The van der Waals surface area contributed by atoms with E-state index < -0.39 is 11.4 Å². The first-order valence-electron chi connectivity index (χ1n) is 6.42. The molecular formula is C14H21N3O. The molecule has 1 aliphatic rings. The number of fused-ring (bicyclic) bond motifs is 1. The zero-order valence-electron chi connectivity index (χ0n) is 10.9. The van der Waals surface area contributed by atoms with Crippen LogP contribution in [0, 0.1) is 0 Å². The number of rotatable bonds is 3. The Balaban J connectivity index is 2.26. The third-order valence-corrected chi connectivity index (χ3v) is 3.54. The topological polar surface area (TPSA) is 72.3 Å². The van der Waals surface area contributed by atoms with Crippen molar-refractivity contribution in [2.24, 2.45) is 11.5 Å². The van der Waals surface area contributed by atoms with E-state index in [1.807, 2.05) is 6.07 Å². The Bertz CT molecular complexity index is 442. The molecule has 0 saturated carbocycles. The molecule has 4 nitrogen and oxygen atoms in total. The quantitative estimate of drug-likeness (QED) is 0.838. The number of para-hydroxylation sites is 1. The van der Waals surface area contributed by atoms with Gasteiger partial charge < -0.3 is 16.4 Å². The molecule has 0 radical (unpaired) electrons. The van der Waals surface area contributed by atoms with Crippen molar-refractivity contribution in [2.75, 3.05) is 18.0 Å². The fourth-order valence-electron chi connectivity index (χ4n) is 2.41. The molecule has 1 aliphatic heterocycles. The summed E-state index contributed by atoms with van der Waals surface area (Å²) in [6.07, 6.45) is 3.37. The summed E-state index contributed by atoms with van der Waals surface area (Å²) < 4.78 is 0. The van der Waals surface area contributed by atoms with Crippen LogP contribution in [0.5, 0.6) is 0 Å². The van der Waals surface area contributed by atoms with E-state index in [9.17, 15) is 4.79 Å². The summed E-state index contributed by atoms with van der Waals surface area (Å²) in [7, 11) is 0. The normalized spacial score (nSPS) is 18.7. The molecule has 1 unspecified atom stereocenters. The maximum absolute atomic E-state index is 11.4. The minimum Gasteiger partial charge on any atom is -0.369 e. The Morgan fingerprint density at radius 3 is 2.83 bits per heavy atom. The van der Waals surface area contributed by atoms with E-state index in [0.717, 1.165) is 19.4 Å². The summed E-state index contributed by atoms with van der Waals surface area (Å²) >= 11 is 0. The summed E-state index contributed by atoms with van der Waals surface area (Å²) in [5.74, 6) is -0.454. The molecule has 1 atom stereocenters. The van der Waals surface area contributed by atoms with Gasteiger partial charge in [-0.05, 0) is 37.8 Å². The number of carbonyl (C=O) groups excluding carboxylic acids is 1. The fraction of sp³-hybridized carbons (Fsp3) is 0.500. The van der Waals surface area contributed by atoms with Gasteiger partial charge in [0.25, 0.3) is 0 Å². The lowest BCUT2D eigenvalue weighted by Crippen LogP contribution is -2.57. The van der Waals surface area contributed by atoms with Crippen molar-refractivity contribution in [1.29, 1.82) is 0 Å². The van der Waals surface area contributed by atoms with Crippen molar-refractivity contribution in [3.05, 3.63) is 29.8 Å². The van der Waals surface area contributed by atoms with Gasteiger partial charge in [0.05, 0.1) is 0 Å². The van der Waals surface area contributed by atoms with E-state index in [4.69, 9.17) is 11.5 Å². The highest BCUT2D eigenvalue weighted by Gasteiger charge is 2.29. The van der Waals surface area contributed by atoms with Gasteiger partial charge in [-0.1, -0.05) is 18.2 Å². The standard InChI is InChI=1S/C14H21N3O/c1-14(16,13(15)18)10-17-9-5-4-7-11-6-2-3-8-12(11)17/h2-3,6,8H,4-5,7,9-10,16H2,1H3,(H2,15,18). The zero-order chi connectivity index (χ0) is 13.2. The molecule has 1 heterocycles. The van der Waals surface area contributed by atoms with Gasteiger partial charge in [0, 0.05) is 18.8 Å². The number of carbonyl (C=O) groups is 1. The summed E-state index contributed by atoms with van der Waals surface area (Å²) in [4.78, 5) is 13.6. The third kappa shape index (κ3) is 2.64. The minimum atomic E-state index is -0.989. The van der Waals surface area contributed by atoms with E-state index >= 15 is 0 Å². The van der Waals surface area contributed by atoms with E-state index in [2.05, 4.69) is 23.1 Å². The highest BCUT2D eigenvalue weighted by atomic mass is 16.1. The Labute approximate surface area is 108 Å². The molecule has 4 N–H and O–H groups in total. The summed E-state index contributed by atoms with van der Waals surface area (Å²) in [5, 5.41) is 0. The number of nitrogens with zero attached hydrogens (tertiary/aromatic N) is 1. The van der Waals surface area contributed by atoms with Gasteiger partial charge in [-0.2, -0.15) is 0 Å². The van der Waals surface area contributed by atoms with Crippen LogP contribution in [0.3, 0.4) is 0 Å². The van der Waals surface area contributed by atoms with Gasteiger partial charge in [-0.15, -0.1) is 0 Å². The molecule has 1 aromatic carbocycles. The van der Waals surface area contributed by atoms with Crippen molar-refractivity contribution < 1.29 is 4.79 Å². The molecule has 0 spiro atoms. The highest BCUT2D eigenvalue weighted by molar-refractivity contribution is 5.84. The molecule has 0 bridgehead atoms. The third-order valence-electron chi connectivity index (χ3n) is 3.54. The highest BCUT2D eigenvalue weighted by Crippen LogP contribution is 2.26. The SMILES string of the molecule is CC(N)(CN1CCCCc2ccccc21)C(N)=O. The van der Waals surface area contributed by atoms with Crippen LogP contribution in [0.1, 0.15) is 25.3 Å². The molecule has 18 heavy (non-hydrogen) atoms. The number of hydrogen-bond donors (Lipinski definition) is 2. The molecule has 1 amide bonds. The predicted octanol–water partition coefficient (Wildman–Crippen LogP) is 1.03. The summed E-state index contributed by atoms with van der Waals surface area (Å²) in [6.45, 7) is 3.10. The molecular weight excluding hydrogens is 226 g/mol. The van der Waals surface area contributed by atoms with Crippen molar-refractivity contribution in [3.63, 3.8) is 0 Å². The second-order valence-electron chi connectivity index (χ2n) is 5.29. The Kier molecular flexibility index (Phi) is 3.57. The van der Waals surface area contributed by atoms with E-state index in [0.29, 0.717) is 6.54 Å². The number of anilines is 1. The van der Waals surface area contributed by atoms with Crippen LogP contribution in [0.25, 0.3) is 0 Å². The van der Waals surface area contributed by atoms with E-state index in [-0.39, 0.29) is 0 Å². The Hall–Kier alpha value is -1.55.